The molecule has 0 saturated carbocycles. The van der Waals surface area contributed by atoms with Crippen LogP contribution in [0.4, 0.5) is 0 Å². The predicted octanol–water partition coefficient (Wildman–Crippen LogP) is 3.28. The van der Waals surface area contributed by atoms with E-state index in [0.29, 0.717) is 5.69 Å². The highest BCUT2D eigenvalue weighted by atomic mass is 79.9. The van der Waals surface area contributed by atoms with Crippen LogP contribution in [0.5, 0.6) is 0 Å². The van der Waals surface area contributed by atoms with E-state index >= 15 is 0 Å². The Kier molecular flexibility index (Phi) is 3.81. The summed E-state index contributed by atoms with van der Waals surface area (Å²) in [6, 6.07) is 11.8. The van der Waals surface area contributed by atoms with Crippen LogP contribution in [0, 0.1) is 5.41 Å². The number of nitrogens with two attached hydrogens (primary N) is 1. The van der Waals surface area contributed by atoms with E-state index in [1.165, 1.54) is 0 Å². The number of halogens is 1. The van der Waals surface area contributed by atoms with E-state index in [-0.39, 0.29) is 5.84 Å². The molecule has 2 aromatic rings. The molecular weight excluding hydrogens is 298 g/mol. The normalized spacial score (nSPS) is 10.2. The van der Waals surface area contributed by atoms with Crippen molar-refractivity contribution in [2.24, 2.45) is 5.73 Å². The number of benzene rings is 1. The summed E-state index contributed by atoms with van der Waals surface area (Å²) in [6.45, 7) is 0. The molecule has 0 unspecified atom stereocenters. The highest BCUT2D eigenvalue weighted by Gasteiger charge is 2.02. The van der Waals surface area contributed by atoms with Crippen molar-refractivity contribution in [3.05, 3.63) is 52.8 Å². The maximum absolute atomic E-state index is 7.34. The van der Waals surface area contributed by atoms with Crippen LogP contribution < -0.4 is 5.73 Å². The number of nitrogen functional groups attached to an aromatic ring is 1. The van der Waals surface area contributed by atoms with Gasteiger partial charge in [0, 0.05) is 20.5 Å². The van der Waals surface area contributed by atoms with E-state index in [1.807, 2.05) is 36.4 Å². The number of hydrogen-bond acceptors (Lipinski definition) is 3. The van der Waals surface area contributed by atoms with Crippen molar-refractivity contribution >= 4 is 33.5 Å². The minimum absolute atomic E-state index is 0.0123. The van der Waals surface area contributed by atoms with Gasteiger partial charge in [-0.2, -0.15) is 0 Å². The first-order valence-electron chi connectivity index (χ1n) is 4.89. The average Bonchev–Trinajstić information content (AvgIpc) is 2.29. The second-order valence-electron chi connectivity index (χ2n) is 3.35. The Hall–Kier alpha value is -1.33. The molecule has 17 heavy (non-hydrogen) atoms. The quantitative estimate of drug-likeness (QED) is 0.675. The van der Waals surface area contributed by atoms with Crippen molar-refractivity contribution in [2.75, 3.05) is 0 Å². The zero-order chi connectivity index (χ0) is 12.3. The maximum atomic E-state index is 7.34. The van der Waals surface area contributed by atoms with E-state index in [9.17, 15) is 0 Å². The molecule has 3 N–H and O–H groups in total. The second-order valence-corrected chi connectivity index (χ2v) is 5.41. The molecule has 0 atom stereocenters. The van der Waals surface area contributed by atoms with Gasteiger partial charge in [0.2, 0.25) is 0 Å². The molecule has 1 heterocycles. The van der Waals surface area contributed by atoms with Gasteiger partial charge in [-0.15, -0.1) is 0 Å². The monoisotopic (exact) mass is 307 g/mol. The number of hydrogen-bond donors (Lipinski definition) is 2. The fourth-order valence-corrected chi connectivity index (χ4v) is 2.74. The Morgan fingerprint density at radius 1 is 1.24 bits per heavy atom. The molecule has 0 spiro atoms. The van der Waals surface area contributed by atoms with Gasteiger partial charge in [-0.05, 0) is 30.3 Å². The van der Waals surface area contributed by atoms with Gasteiger partial charge in [-0.1, -0.05) is 33.8 Å². The van der Waals surface area contributed by atoms with E-state index < -0.39 is 0 Å². The largest absolute Gasteiger partial charge is 0.382 e. The number of pyridine rings is 1. The lowest BCUT2D eigenvalue weighted by Crippen LogP contribution is -2.12. The van der Waals surface area contributed by atoms with Crippen molar-refractivity contribution < 1.29 is 0 Å². The summed E-state index contributed by atoms with van der Waals surface area (Å²) in [6.07, 6.45) is 1.66. The minimum Gasteiger partial charge on any atom is -0.382 e. The van der Waals surface area contributed by atoms with Gasteiger partial charge in [0.15, 0.2) is 0 Å². The molecule has 3 nitrogen and oxygen atoms in total. The second kappa shape index (κ2) is 5.33. The van der Waals surface area contributed by atoms with Gasteiger partial charge in [0.05, 0.1) is 0 Å². The lowest BCUT2D eigenvalue weighted by Gasteiger charge is -2.03. The first-order chi connectivity index (χ1) is 8.15. The van der Waals surface area contributed by atoms with Crippen LogP contribution in [0.25, 0.3) is 0 Å². The fraction of sp³-hybridized carbons (Fsp3) is 0. The molecule has 1 aromatic heterocycles. The molecule has 2 rings (SSSR count). The van der Waals surface area contributed by atoms with Crippen LogP contribution in [-0.4, -0.2) is 10.8 Å². The predicted molar refractivity (Wildman–Crippen MR) is 73.5 cm³/mol. The summed E-state index contributed by atoms with van der Waals surface area (Å²) < 4.78 is 1.04. The molecule has 5 heteroatoms. The Labute approximate surface area is 112 Å². The SMILES string of the molecule is N=C(N)c1cc(Sc2cccc(Br)c2)ccn1. The molecule has 86 valence electrons. The maximum Gasteiger partial charge on any atom is 0.141 e. The van der Waals surface area contributed by atoms with Crippen molar-refractivity contribution in [3.8, 4) is 0 Å². The highest BCUT2D eigenvalue weighted by Crippen LogP contribution is 2.29. The van der Waals surface area contributed by atoms with Gasteiger partial charge in [-0.25, -0.2) is 0 Å². The number of nitrogens with one attached hydrogen (secondary N) is 1. The van der Waals surface area contributed by atoms with Crippen LogP contribution in [0.1, 0.15) is 5.69 Å². The minimum atomic E-state index is -0.0123. The van der Waals surface area contributed by atoms with Crippen LogP contribution in [-0.2, 0) is 0 Å². The first kappa shape index (κ1) is 12.1. The van der Waals surface area contributed by atoms with Crippen molar-refractivity contribution in [1.82, 2.24) is 4.98 Å². The van der Waals surface area contributed by atoms with Gasteiger partial charge in [0.1, 0.15) is 11.5 Å². The Morgan fingerprint density at radius 2 is 2.00 bits per heavy atom. The Morgan fingerprint density at radius 3 is 2.71 bits per heavy atom. The zero-order valence-electron chi connectivity index (χ0n) is 8.85. The molecule has 0 fully saturated rings. The van der Waals surface area contributed by atoms with Gasteiger partial charge < -0.3 is 5.73 Å². The lowest BCUT2D eigenvalue weighted by molar-refractivity contribution is 1.21. The third-order valence-corrected chi connectivity index (χ3v) is 3.51. The summed E-state index contributed by atoms with van der Waals surface area (Å²) in [5, 5.41) is 7.34. The van der Waals surface area contributed by atoms with Crippen LogP contribution in [0.2, 0.25) is 0 Å². The number of rotatable bonds is 3. The molecule has 0 aliphatic rings. The smallest absolute Gasteiger partial charge is 0.141 e. The molecule has 1 aromatic carbocycles. The zero-order valence-corrected chi connectivity index (χ0v) is 11.3. The molecule has 0 radical (unpaired) electrons. The molecular formula is C12H10BrN3S. The van der Waals surface area contributed by atoms with Crippen molar-refractivity contribution in [2.45, 2.75) is 9.79 Å². The van der Waals surface area contributed by atoms with E-state index in [0.717, 1.165) is 14.3 Å². The molecule has 0 amide bonds. The topological polar surface area (TPSA) is 62.8 Å². The molecule has 0 saturated heterocycles. The van der Waals surface area contributed by atoms with E-state index in [4.69, 9.17) is 11.1 Å². The number of aromatic nitrogens is 1. The Balaban J connectivity index is 2.24. The van der Waals surface area contributed by atoms with Crippen molar-refractivity contribution in [3.63, 3.8) is 0 Å². The molecule has 0 bridgehead atoms. The fourth-order valence-electron chi connectivity index (χ4n) is 1.29. The third-order valence-electron chi connectivity index (χ3n) is 2.04. The van der Waals surface area contributed by atoms with Gasteiger partial charge >= 0.3 is 0 Å². The molecule has 0 aliphatic carbocycles. The first-order valence-corrected chi connectivity index (χ1v) is 6.50. The number of amidine groups is 1. The Bertz CT molecular complexity index is 557. The summed E-state index contributed by atoms with van der Waals surface area (Å²) in [4.78, 5) is 6.17. The van der Waals surface area contributed by atoms with Gasteiger partial charge in [0.25, 0.3) is 0 Å². The number of nitrogens with zero attached hydrogens (tertiary/aromatic N) is 1. The average molecular weight is 308 g/mol. The summed E-state index contributed by atoms with van der Waals surface area (Å²) in [5.41, 5.74) is 5.91. The van der Waals surface area contributed by atoms with Crippen LogP contribution in [0.15, 0.2) is 56.9 Å². The van der Waals surface area contributed by atoms with E-state index in [2.05, 4.69) is 20.9 Å². The summed E-state index contributed by atoms with van der Waals surface area (Å²) in [7, 11) is 0. The molecule has 0 aliphatic heterocycles. The summed E-state index contributed by atoms with van der Waals surface area (Å²) >= 11 is 5.04. The van der Waals surface area contributed by atoms with Crippen molar-refractivity contribution in [1.29, 1.82) is 5.41 Å². The van der Waals surface area contributed by atoms with Crippen LogP contribution >= 0.6 is 27.7 Å². The lowest BCUT2D eigenvalue weighted by atomic mass is 10.3. The third kappa shape index (κ3) is 3.31. The van der Waals surface area contributed by atoms with Gasteiger partial charge in [-0.3, -0.25) is 10.4 Å². The summed E-state index contributed by atoms with van der Waals surface area (Å²) in [5.74, 6) is -0.0123. The highest BCUT2D eigenvalue weighted by molar-refractivity contribution is 9.10. The standard InChI is InChI=1S/C12H10BrN3S/c13-8-2-1-3-9(6-8)17-10-4-5-16-11(7-10)12(14)15/h1-7H,(H3,14,15). The van der Waals surface area contributed by atoms with Crippen LogP contribution in [0.3, 0.4) is 0 Å². The van der Waals surface area contributed by atoms with E-state index in [1.54, 1.807) is 18.0 Å².